The van der Waals surface area contributed by atoms with Gasteiger partial charge in [0.25, 0.3) is 0 Å². The molecule has 0 bridgehead atoms. The topological polar surface area (TPSA) is 86.2 Å². The number of hydrogen-bond donors (Lipinski definition) is 0. The van der Waals surface area contributed by atoms with Crippen molar-refractivity contribution < 1.29 is 23.7 Å². The summed E-state index contributed by atoms with van der Waals surface area (Å²) >= 11 is 0. The molecular formula is C34H36N4O5. The van der Waals surface area contributed by atoms with Crippen molar-refractivity contribution in [2.45, 2.75) is 44.8 Å². The van der Waals surface area contributed by atoms with Crippen molar-refractivity contribution in [3.8, 4) is 5.88 Å². The Hall–Kier alpha value is -4.63. The van der Waals surface area contributed by atoms with Gasteiger partial charge in [-0.25, -0.2) is 14.7 Å². The zero-order chi connectivity index (χ0) is 29.4. The van der Waals surface area contributed by atoms with E-state index in [1.807, 2.05) is 42.6 Å². The molecule has 222 valence electrons. The molecule has 4 heterocycles. The second-order valence-corrected chi connectivity index (χ2v) is 10.9. The molecule has 0 N–H and O–H groups in total. The van der Waals surface area contributed by atoms with E-state index < -0.39 is 6.09 Å². The van der Waals surface area contributed by atoms with Crippen LogP contribution in [0.5, 0.6) is 5.88 Å². The van der Waals surface area contributed by atoms with E-state index in [2.05, 4.69) is 45.2 Å². The molecule has 0 spiro atoms. The first-order chi connectivity index (χ1) is 21.1. The minimum absolute atomic E-state index is 0.311. The van der Waals surface area contributed by atoms with Gasteiger partial charge in [0.15, 0.2) is 6.26 Å². The van der Waals surface area contributed by atoms with Crippen LogP contribution in [0.25, 0.3) is 11.0 Å². The van der Waals surface area contributed by atoms with Gasteiger partial charge in [0, 0.05) is 31.8 Å². The van der Waals surface area contributed by atoms with E-state index in [1.165, 1.54) is 22.3 Å². The summed E-state index contributed by atoms with van der Waals surface area (Å²) in [6.45, 7) is 2.54. The van der Waals surface area contributed by atoms with Gasteiger partial charge in [-0.15, -0.1) is 0 Å². The van der Waals surface area contributed by atoms with Gasteiger partial charge < -0.3 is 18.9 Å². The number of aromatic nitrogens is 2. The maximum absolute atomic E-state index is 12.9. The zero-order valence-electron chi connectivity index (χ0n) is 24.4. The average molecular weight is 581 g/mol. The first-order valence-electron chi connectivity index (χ1n) is 14.7. The molecule has 1 unspecified atom stereocenters. The number of ether oxygens (including phenoxy) is 4. The Bertz CT molecular complexity index is 1570. The van der Waals surface area contributed by atoms with Gasteiger partial charge in [-0.1, -0.05) is 54.1 Å². The van der Waals surface area contributed by atoms with E-state index in [0.717, 1.165) is 55.4 Å². The number of carbonyl (C=O) groups is 1. The quantitative estimate of drug-likeness (QED) is 0.249. The Labute approximate surface area is 251 Å². The molecule has 1 fully saturated rings. The maximum Gasteiger partial charge on any atom is 0.417 e. The number of allylic oxidation sites excluding steroid dienone is 4. The average Bonchev–Trinajstić information content (AvgIpc) is 3.41. The monoisotopic (exact) mass is 580 g/mol. The van der Waals surface area contributed by atoms with Gasteiger partial charge in [-0.3, -0.25) is 9.88 Å². The second kappa shape index (κ2) is 13.6. The van der Waals surface area contributed by atoms with Crippen LogP contribution in [-0.4, -0.2) is 58.7 Å². The number of rotatable bonds is 12. The second-order valence-electron chi connectivity index (χ2n) is 10.9. The predicted molar refractivity (Wildman–Crippen MR) is 163 cm³/mol. The van der Waals surface area contributed by atoms with Crippen molar-refractivity contribution in [2.75, 3.05) is 26.7 Å². The summed E-state index contributed by atoms with van der Waals surface area (Å²) in [5.74, 6) is 1.61. The lowest BCUT2D eigenvalue weighted by molar-refractivity contribution is 0.1000. The first kappa shape index (κ1) is 28.5. The highest BCUT2D eigenvalue weighted by atomic mass is 16.6. The van der Waals surface area contributed by atoms with Crippen molar-refractivity contribution in [1.82, 2.24) is 19.8 Å². The smallest absolute Gasteiger partial charge is 0.417 e. The highest BCUT2D eigenvalue weighted by Gasteiger charge is 2.37. The molecule has 1 atom stereocenters. The standard InChI is InChI=1S/C34H36N4O5/c1-40-31-15-14-30-33(36-31)27(16-17-35-30)13-8-18-37(20-26-11-6-3-7-12-26)21-29-22-38(34(39)43-29)32-24-41-23-28(42-32)19-25-9-4-2-5-10-25/h2-4,6-7,9,11-12,14-17,23-24,29H,5,8,10,13,18-22H2,1H3. The van der Waals surface area contributed by atoms with Crippen LogP contribution < -0.4 is 4.74 Å². The number of nitrogens with zero attached hydrogens (tertiary/aromatic N) is 4. The van der Waals surface area contributed by atoms with Crippen molar-refractivity contribution >= 4 is 17.1 Å². The molecule has 0 saturated carbocycles. The summed E-state index contributed by atoms with van der Waals surface area (Å²) in [5.41, 5.74) is 5.33. The van der Waals surface area contributed by atoms with Crippen molar-refractivity contribution in [3.63, 3.8) is 0 Å². The van der Waals surface area contributed by atoms with Gasteiger partial charge in [-0.05, 0) is 55.5 Å². The number of benzene rings is 1. The fourth-order valence-electron chi connectivity index (χ4n) is 5.60. The van der Waals surface area contributed by atoms with Crippen LogP contribution in [-0.2, 0) is 27.2 Å². The fourth-order valence-corrected chi connectivity index (χ4v) is 5.60. The Morgan fingerprint density at radius 1 is 1.12 bits per heavy atom. The molecule has 1 aromatic carbocycles. The number of methoxy groups -OCH3 is 1. The molecule has 2 aromatic heterocycles. The van der Waals surface area contributed by atoms with E-state index in [0.29, 0.717) is 37.0 Å². The SMILES string of the molecule is COc1ccc2nccc(CCCN(Cc3ccccc3)CC3CN(C4=COC=C(CC5=CC=CCC5)O4)C(=O)O3)c2n1. The Morgan fingerprint density at radius 2 is 2.02 bits per heavy atom. The molecule has 3 aliphatic rings. The zero-order valence-corrected chi connectivity index (χ0v) is 24.4. The maximum atomic E-state index is 12.9. The summed E-state index contributed by atoms with van der Waals surface area (Å²) in [7, 11) is 1.62. The lowest BCUT2D eigenvalue weighted by atomic mass is 10.0. The van der Waals surface area contributed by atoms with Crippen LogP contribution in [0.4, 0.5) is 4.79 Å². The minimum atomic E-state index is -0.427. The highest BCUT2D eigenvalue weighted by molar-refractivity contribution is 5.78. The summed E-state index contributed by atoms with van der Waals surface area (Å²) in [4.78, 5) is 25.9. The lowest BCUT2D eigenvalue weighted by Crippen LogP contribution is -2.35. The summed E-state index contributed by atoms with van der Waals surface area (Å²) in [6, 6.07) is 16.1. The van der Waals surface area contributed by atoms with Gasteiger partial charge in [0.05, 0.1) is 24.7 Å². The molecule has 3 aromatic rings. The molecule has 1 saturated heterocycles. The van der Waals surface area contributed by atoms with E-state index in [1.54, 1.807) is 13.4 Å². The van der Waals surface area contributed by atoms with Crippen molar-refractivity contribution in [3.05, 3.63) is 114 Å². The van der Waals surface area contributed by atoms with Crippen LogP contribution in [0, 0.1) is 0 Å². The fraction of sp³-hybridized carbons (Fsp3) is 0.324. The summed E-state index contributed by atoms with van der Waals surface area (Å²) in [5, 5.41) is 0. The van der Waals surface area contributed by atoms with Crippen LogP contribution in [0.3, 0.4) is 0 Å². The third kappa shape index (κ3) is 7.24. The third-order valence-corrected chi connectivity index (χ3v) is 7.73. The number of carbonyl (C=O) groups excluding carboxylic acids is 1. The first-order valence-corrected chi connectivity index (χ1v) is 14.7. The summed E-state index contributed by atoms with van der Waals surface area (Å²) in [6.07, 6.45) is 14.9. The van der Waals surface area contributed by atoms with E-state index >= 15 is 0 Å². The molecule has 6 rings (SSSR count). The van der Waals surface area contributed by atoms with Crippen LogP contribution in [0.2, 0.25) is 0 Å². The van der Waals surface area contributed by atoms with E-state index in [9.17, 15) is 4.79 Å². The molecule has 0 radical (unpaired) electrons. The van der Waals surface area contributed by atoms with Crippen molar-refractivity contribution in [1.29, 1.82) is 0 Å². The minimum Gasteiger partial charge on any atom is -0.481 e. The molecule has 1 amide bonds. The predicted octanol–water partition coefficient (Wildman–Crippen LogP) is 6.25. The Kier molecular flexibility index (Phi) is 8.99. The summed E-state index contributed by atoms with van der Waals surface area (Å²) < 4.78 is 22.8. The normalized spacial score (nSPS) is 18.1. The van der Waals surface area contributed by atoms with Crippen molar-refractivity contribution in [2.24, 2.45) is 0 Å². The number of pyridine rings is 2. The van der Waals surface area contributed by atoms with Crippen LogP contribution >= 0.6 is 0 Å². The third-order valence-electron chi connectivity index (χ3n) is 7.73. The number of hydrogen-bond acceptors (Lipinski definition) is 8. The lowest BCUT2D eigenvalue weighted by Gasteiger charge is -2.25. The number of fused-ring (bicyclic) bond motifs is 1. The molecule has 9 heteroatoms. The van der Waals surface area contributed by atoms with E-state index in [-0.39, 0.29) is 6.10 Å². The van der Waals surface area contributed by atoms with E-state index in [4.69, 9.17) is 18.9 Å². The van der Waals surface area contributed by atoms with Crippen LogP contribution in [0.1, 0.15) is 36.8 Å². The number of cyclic esters (lactones) is 1. The molecule has 1 aliphatic carbocycles. The number of amides is 1. The van der Waals surface area contributed by atoms with Crippen LogP contribution in [0.15, 0.2) is 103 Å². The Balaban J connectivity index is 1.09. The van der Waals surface area contributed by atoms with Gasteiger partial charge >= 0.3 is 6.09 Å². The van der Waals surface area contributed by atoms with Gasteiger partial charge in [-0.2, -0.15) is 0 Å². The molecule has 2 aliphatic heterocycles. The largest absolute Gasteiger partial charge is 0.481 e. The Morgan fingerprint density at radius 3 is 2.86 bits per heavy atom. The highest BCUT2D eigenvalue weighted by Crippen LogP contribution is 2.28. The molecular weight excluding hydrogens is 544 g/mol. The molecule has 43 heavy (non-hydrogen) atoms. The van der Waals surface area contributed by atoms with Gasteiger partial charge in [0.2, 0.25) is 11.8 Å². The van der Waals surface area contributed by atoms with Gasteiger partial charge in [0.1, 0.15) is 18.1 Å². The number of aryl methyl sites for hydroxylation is 1. The molecule has 9 nitrogen and oxygen atoms in total.